The Labute approximate surface area is 228 Å². The first kappa shape index (κ1) is 25.5. The molecule has 5 nitrogen and oxygen atoms in total. The number of nitrogens with zero attached hydrogens (tertiary/aromatic N) is 1. The highest BCUT2D eigenvalue weighted by Gasteiger charge is 2.18. The second-order valence-electron chi connectivity index (χ2n) is 8.90. The van der Waals surface area contributed by atoms with E-state index in [0.717, 1.165) is 22.6 Å². The predicted molar refractivity (Wildman–Crippen MR) is 156 cm³/mol. The second-order valence-corrected chi connectivity index (χ2v) is 8.90. The fourth-order valence-corrected chi connectivity index (χ4v) is 4.33. The van der Waals surface area contributed by atoms with Crippen molar-refractivity contribution in [3.05, 3.63) is 151 Å². The quantitative estimate of drug-likeness (QED) is 0.225. The molecule has 0 aromatic heterocycles. The summed E-state index contributed by atoms with van der Waals surface area (Å²) < 4.78 is 5.85. The minimum Gasteiger partial charge on any atom is -0.492 e. The van der Waals surface area contributed by atoms with Crippen LogP contribution in [0.1, 0.15) is 20.7 Å². The van der Waals surface area contributed by atoms with Crippen molar-refractivity contribution in [2.75, 3.05) is 23.4 Å². The van der Waals surface area contributed by atoms with Gasteiger partial charge in [0.05, 0.1) is 6.54 Å². The topological polar surface area (TPSA) is 58.6 Å². The van der Waals surface area contributed by atoms with Crippen molar-refractivity contribution in [1.82, 2.24) is 0 Å². The standard InChI is InChI=1S/C34H28N2O3/c37-33(32-19-11-10-18-31(32)26-12-4-1-5-13-26)35-28-22-20-27(21-23-28)34(38)36(29-14-6-2-7-15-29)24-25-39-30-16-8-3-9-17-30/h1-23H,24-25H2,(H,35,37). The van der Waals surface area contributed by atoms with E-state index in [1.165, 1.54) is 0 Å². The van der Waals surface area contributed by atoms with E-state index in [9.17, 15) is 9.59 Å². The summed E-state index contributed by atoms with van der Waals surface area (Å²) in [6.07, 6.45) is 0. The summed E-state index contributed by atoms with van der Waals surface area (Å²) in [5, 5.41) is 2.96. The summed E-state index contributed by atoms with van der Waals surface area (Å²) >= 11 is 0. The van der Waals surface area contributed by atoms with Crippen LogP contribution in [0.2, 0.25) is 0 Å². The summed E-state index contributed by atoms with van der Waals surface area (Å²) in [7, 11) is 0. The maximum absolute atomic E-state index is 13.5. The summed E-state index contributed by atoms with van der Waals surface area (Å²) in [5.41, 5.74) is 4.32. The lowest BCUT2D eigenvalue weighted by Crippen LogP contribution is -2.34. The van der Waals surface area contributed by atoms with Crippen LogP contribution in [0.15, 0.2) is 140 Å². The number of nitrogens with one attached hydrogen (secondary N) is 1. The Kier molecular flexibility index (Phi) is 8.10. The van der Waals surface area contributed by atoms with Gasteiger partial charge >= 0.3 is 0 Å². The smallest absolute Gasteiger partial charge is 0.258 e. The van der Waals surface area contributed by atoms with Gasteiger partial charge in [0.15, 0.2) is 0 Å². The van der Waals surface area contributed by atoms with Crippen LogP contribution in [0.5, 0.6) is 5.75 Å². The molecule has 0 bridgehead atoms. The van der Waals surface area contributed by atoms with E-state index in [2.05, 4.69) is 5.32 Å². The van der Waals surface area contributed by atoms with Crippen LogP contribution in [-0.2, 0) is 0 Å². The number of carbonyl (C=O) groups is 2. The monoisotopic (exact) mass is 512 g/mol. The number of rotatable bonds is 9. The average Bonchev–Trinajstić information content (AvgIpc) is 3.01. The van der Waals surface area contributed by atoms with Gasteiger partial charge in [-0.05, 0) is 65.7 Å². The van der Waals surface area contributed by atoms with E-state index in [4.69, 9.17) is 4.74 Å². The molecule has 0 aliphatic heterocycles. The molecular weight excluding hydrogens is 484 g/mol. The molecule has 0 heterocycles. The molecule has 0 aliphatic rings. The third-order valence-corrected chi connectivity index (χ3v) is 6.29. The second kappa shape index (κ2) is 12.4. The van der Waals surface area contributed by atoms with Crippen LogP contribution in [0, 0.1) is 0 Å². The Morgan fingerprint density at radius 3 is 1.92 bits per heavy atom. The number of ether oxygens (including phenoxy) is 1. The van der Waals surface area contributed by atoms with Gasteiger partial charge in [-0.15, -0.1) is 0 Å². The largest absolute Gasteiger partial charge is 0.492 e. The molecule has 0 fully saturated rings. The third kappa shape index (κ3) is 6.40. The van der Waals surface area contributed by atoms with Crippen molar-refractivity contribution >= 4 is 23.2 Å². The number of hydrogen-bond acceptors (Lipinski definition) is 3. The van der Waals surface area contributed by atoms with Gasteiger partial charge in [-0.25, -0.2) is 0 Å². The highest BCUT2D eigenvalue weighted by atomic mass is 16.5. The van der Waals surface area contributed by atoms with E-state index in [-0.39, 0.29) is 11.8 Å². The average molecular weight is 513 g/mol. The lowest BCUT2D eigenvalue weighted by Gasteiger charge is -2.23. The number of hydrogen-bond donors (Lipinski definition) is 1. The summed E-state index contributed by atoms with van der Waals surface area (Å²) in [4.78, 5) is 28.4. The minimum atomic E-state index is -0.211. The summed E-state index contributed by atoms with van der Waals surface area (Å²) in [6.45, 7) is 0.728. The van der Waals surface area contributed by atoms with E-state index in [1.54, 1.807) is 29.2 Å². The molecular formula is C34H28N2O3. The van der Waals surface area contributed by atoms with Crippen LogP contribution in [-0.4, -0.2) is 25.0 Å². The van der Waals surface area contributed by atoms with Crippen LogP contribution >= 0.6 is 0 Å². The maximum Gasteiger partial charge on any atom is 0.258 e. The normalized spacial score (nSPS) is 10.5. The lowest BCUT2D eigenvalue weighted by molar-refractivity contribution is 0.0981. The van der Waals surface area contributed by atoms with Gasteiger partial charge in [0.2, 0.25) is 0 Å². The molecule has 0 unspecified atom stereocenters. The van der Waals surface area contributed by atoms with Crippen molar-refractivity contribution < 1.29 is 14.3 Å². The predicted octanol–water partition coefficient (Wildman–Crippen LogP) is 7.33. The first-order chi connectivity index (χ1) is 19.2. The molecule has 39 heavy (non-hydrogen) atoms. The Hall–Kier alpha value is -5.16. The molecule has 5 aromatic rings. The van der Waals surface area contributed by atoms with Crippen molar-refractivity contribution in [3.63, 3.8) is 0 Å². The molecule has 0 spiro atoms. The molecule has 2 amide bonds. The molecule has 5 heteroatoms. The fraction of sp³-hybridized carbons (Fsp3) is 0.0588. The van der Waals surface area contributed by atoms with E-state index in [1.807, 2.05) is 115 Å². The zero-order valence-electron chi connectivity index (χ0n) is 21.4. The van der Waals surface area contributed by atoms with Gasteiger partial charge in [-0.1, -0.05) is 84.9 Å². The zero-order chi connectivity index (χ0) is 26.9. The first-order valence-electron chi connectivity index (χ1n) is 12.8. The zero-order valence-corrected chi connectivity index (χ0v) is 21.4. The van der Waals surface area contributed by atoms with Crippen molar-refractivity contribution in [2.45, 2.75) is 0 Å². The van der Waals surface area contributed by atoms with Gasteiger partial charge in [0.25, 0.3) is 11.8 Å². The molecule has 0 atom stereocenters. The number of benzene rings is 5. The van der Waals surface area contributed by atoms with Gasteiger partial charge in [0.1, 0.15) is 12.4 Å². The van der Waals surface area contributed by atoms with Gasteiger partial charge in [0, 0.05) is 22.5 Å². The van der Waals surface area contributed by atoms with E-state index in [0.29, 0.717) is 30.0 Å². The van der Waals surface area contributed by atoms with Crippen LogP contribution in [0.3, 0.4) is 0 Å². The molecule has 0 radical (unpaired) electrons. The minimum absolute atomic E-state index is 0.148. The van der Waals surface area contributed by atoms with Crippen LogP contribution < -0.4 is 15.0 Å². The number of amides is 2. The summed E-state index contributed by atoms with van der Waals surface area (Å²) in [5.74, 6) is 0.398. The van der Waals surface area contributed by atoms with Gasteiger partial charge in [-0.3, -0.25) is 9.59 Å². The molecule has 0 saturated heterocycles. The van der Waals surface area contributed by atoms with E-state index < -0.39 is 0 Å². The summed E-state index contributed by atoms with van der Waals surface area (Å²) in [6, 6.07) is 43.4. The first-order valence-corrected chi connectivity index (χ1v) is 12.8. The Morgan fingerprint density at radius 1 is 0.641 bits per heavy atom. The lowest BCUT2D eigenvalue weighted by atomic mass is 9.99. The Balaban J connectivity index is 1.29. The molecule has 192 valence electrons. The number of para-hydroxylation sites is 2. The molecule has 1 N–H and O–H groups in total. The van der Waals surface area contributed by atoms with Crippen LogP contribution in [0.4, 0.5) is 11.4 Å². The Morgan fingerprint density at radius 2 is 1.23 bits per heavy atom. The van der Waals surface area contributed by atoms with Gasteiger partial charge in [-0.2, -0.15) is 0 Å². The van der Waals surface area contributed by atoms with Crippen LogP contribution in [0.25, 0.3) is 11.1 Å². The highest BCUT2D eigenvalue weighted by molar-refractivity contribution is 6.09. The molecule has 0 aliphatic carbocycles. The third-order valence-electron chi connectivity index (χ3n) is 6.29. The SMILES string of the molecule is O=C(Nc1ccc(C(=O)N(CCOc2ccccc2)c2ccccc2)cc1)c1ccccc1-c1ccccc1. The molecule has 5 rings (SSSR count). The number of carbonyl (C=O) groups excluding carboxylic acids is 2. The Bertz CT molecular complexity index is 1520. The maximum atomic E-state index is 13.5. The van der Waals surface area contributed by atoms with Crippen molar-refractivity contribution in [2.24, 2.45) is 0 Å². The molecule has 0 saturated carbocycles. The fourth-order valence-electron chi connectivity index (χ4n) is 4.33. The molecule has 5 aromatic carbocycles. The van der Waals surface area contributed by atoms with E-state index >= 15 is 0 Å². The van der Waals surface area contributed by atoms with Crippen molar-refractivity contribution in [3.8, 4) is 16.9 Å². The highest BCUT2D eigenvalue weighted by Crippen LogP contribution is 2.25. The van der Waals surface area contributed by atoms with Gasteiger partial charge < -0.3 is 15.0 Å². The number of anilines is 2. The van der Waals surface area contributed by atoms with Crippen molar-refractivity contribution in [1.29, 1.82) is 0 Å².